The maximum absolute atomic E-state index is 11.8. The van der Waals surface area contributed by atoms with Crippen molar-refractivity contribution in [3.63, 3.8) is 0 Å². The van der Waals surface area contributed by atoms with Crippen LogP contribution in [0.3, 0.4) is 0 Å². The van der Waals surface area contributed by atoms with Gasteiger partial charge in [0.05, 0.1) is 15.3 Å². The van der Waals surface area contributed by atoms with Crippen molar-refractivity contribution in [3.05, 3.63) is 20.8 Å². The molecule has 1 fully saturated rings. The highest BCUT2D eigenvalue weighted by atomic mass is 35.5. The van der Waals surface area contributed by atoms with Crippen molar-refractivity contribution < 1.29 is 8.42 Å². The molecule has 19 heavy (non-hydrogen) atoms. The van der Waals surface area contributed by atoms with E-state index in [2.05, 4.69) is 5.32 Å². The van der Waals surface area contributed by atoms with Crippen LogP contribution in [0.4, 0.5) is 0 Å². The second-order valence-electron chi connectivity index (χ2n) is 5.41. The maximum atomic E-state index is 11.8. The van der Waals surface area contributed by atoms with Crippen LogP contribution >= 0.6 is 22.9 Å². The number of hydrogen-bond donors (Lipinski definition) is 1. The zero-order valence-corrected chi connectivity index (χ0v) is 13.1. The van der Waals surface area contributed by atoms with Gasteiger partial charge in [-0.2, -0.15) is 0 Å². The number of nitrogens with one attached hydrogen (secondary N) is 1. The Kier molecular flexibility index (Phi) is 3.91. The van der Waals surface area contributed by atoms with E-state index in [4.69, 9.17) is 11.6 Å². The molecule has 0 amide bonds. The van der Waals surface area contributed by atoms with Crippen LogP contribution in [0.2, 0.25) is 4.34 Å². The second kappa shape index (κ2) is 5.35. The number of rotatable bonds is 3. The van der Waals surface area contributed by atoms with Gasteiger partial charge in [-0.15, -0.1) is 11.3 Å². The average molecular weight is 320 g/mol. The topological polar surface area (TPSA) is 46.2 Å². The fourth-order valence-electron chi connectivity index (χ4n) is 3.09. The third-order valence-corrected chi connectivity index (χ3v) is 7.75. The molecule has 0 saturated carbocycles. The van der Waals surface area contributed by atoms with E-state index in [1.165, 1.54) is 10.4 Å². The lowest BCUT2D eigenvalue weighted by Gasteiger charge is -2.25. The third-order valence-electron chi connectivity index (χ3n) is 4.14. The molecule has 3 nitrogen and oxygen atoms in total. The molecule has 1 aliphatic heterocycles. The van der Waals surface area contributed by atoms with Crippen molar-refractivity contribution in [1.82, 2.24) is 5.32 Å². The van der Waals surface area contributed by atoms with E-state index in [9.17, 15) is 8.42 Å². The number of hydrogen-bond acceptors (Lipinski definition) is 4. The second-order valence-corrected chi connectivity index (χ2v) is 9.58. The van der Waals surface area contributed by atoms with Gasteiger partial charge in [-0.05, 0) is 43.7 Å². The molecule has 2 aliphatic rings. The van der Waals surface area contributed by atoms with Crippen molar-refractivity contribution >= 4 is 32.8 Å². The van der Waals surface area contributed by atoms with Gasteiger partial charge in [0, 0.05) is 17.5 Å². The number of fused-ring (bicyclic) bond motifs is 1. The largest absolute Gasteiger partial charge is 0.309 e. The molecule has 2 heterocycles. The molecular formula is C13H18ClNO2S2. The Morgan fingerprint density at radius 3 is 2.95 bits per heavy atom. The van der Waals surface area contributed by atoms with Gasteiger partial charge in [0.15, 0.2) is 9.84 Å². The Bertz CT molecular complexity index is 567. The molecule has 1 aromatic heterocycles. The standard InChI is InChI=1S/C13H18ClNO2S2/c14-13-7-10-11(4-1-5-12(10)18-13)15-8-9-3-2-6-19(9,16)17/h7,9,11,15H,1-6,8H2. The molecule has 0 aromatic carbocycles. The van der Waals surface area contributed by atoms with Gasteiger partial charge in [0.2, 0.25) is 0 Å². The number of sulfone groups is 1. The van der Waals surface area contributed by atoms with E-state index in [1.54, 1.807) is 11.3 Å². The first-order chi connectivity index (χ1) is 9.06. The first kappa shape index (κ1) is 13.9. The summed E-state index contributed by atoms with van der Waals surface area (Å²) in [6.07, 6.45) is 4.95. The van der Waals surface area contributed by atoms with Crippen LogP contribution in [0.5, 0.6) is 0 Å². The summed E-state index contributed by atoms with van der Waals surface area (Å²) in [7, 11) is -2.85. The highest BCUT2D eigenvalue weighted by Crippen LogP contribution is 2.38. The van der Waals surface area contributed by atoms with Gasteiger partial charge >= 0.3 is 0 Å². The number of aryl methyl sites for hydroxylation is 1. The molecule has 1 N–H and O–H groups in total. The van der Waals surface area contributed by atoms with E-state index in [1.807, 2.05) is 6.07 Å². The first-order valence-corrected chi connectivity index (χ1v) is 9.70. The lowest BCUT2D eigenvalue weighted by atomic mass is 9.94. The van der Waals surface area contributed by atoms with E-state index < -0.39 is 9.84 Å². The van der Waals surface area contributed by atoms with Crippen LogP contribution in [0.1, 0.15) is 42.2 Å². The van der Waals surface area contributed by atoms with Gasteiger partial charge in [-0.1, -0.05) is 11.6 Å². The average Bonchev–Trinajstić information content (AvgIpc) is 2.88. The lowest BCUT2D eigenvalue weighted by molar-refractivity contribution is 0.456. The van der Waals surface area contributed by atoms with Crippen molar-refractivity contribution in [2.24, 2.45) is 0 Å². The summed E-state index contributed by atoms with van der Waals surface area (Å²) in [6.45, 7) is 0.583. The predicted octanol–water partition coefficient (Wildman–Crippen LogP) is 2.95. The smallest absolute Gasteiger partial charge is 0.154 e. The van der Waals surface area contributed by atoms with Gasteiger partial charge in [0.1, 0.15) is 0 Å². The van der Waals surface area contributed by atoms with E-state index >= 15 is 0 Å². The molecule has 1 aliphatic carbocycles. The van der Waals surface area contributed by atoms with E-state index in [0.717, 1.165) is 36.4 Å². The molecule has 106 valence electrons. The Hall–Kier alpha value is -0.100. The highest BCUT2D eigenvalue weighted by molar-refractivity contribution is 7.92. The molecule has 0 spiro atoms. The predicted molar refractivity (Wildman–Crippen MR) is 79.8 cm³/mol. The minimum absolute atomic E-state index is 0.188. The summed E-state index contributed by atoms with van der Waals surface area (Å²) >= 11 is 7.74. The Labute approximate surface area is 123 Å². The first-order valence-electron chi connectivity index (χ1n) is 6.79. The quantitative estimate of drug-likeness (QED) is 0.931. The summed E-state index contributed by atoms with van der Waals surface area (Å²) in [4.78, 5) is 1.36. The molecule has 0 bridgehead atoms. The minimum atomic E-state index is -2.85. The van der Waals surface area contributed by atoms with Crippen molar-refractivity contribution in [2.75, 3.05) is 12.3 Å². The molecule has 3 rings (SSSR count). The molecule has 2 atom stereocenters. The molecule has 6 heteroatoms. The molecule has 2 unspecified atom stereocenters. The summed E-state index contributed by atoms with van der Waals surface area (Å²) in [6, 6.07) is 2.32. The van der Waals surface area contributed by atoms with Crippen LogP contribution in [0.25, 0.3) is 0 Å². The minimum Gasteiger partial charge on any atom is -0.309 e. The summed E-state index contributed by atoms with van der Waals surface area (Å²) < 4.78 is 24.5. The molecule has 1 aromatic rings. The normalized spacial score (nSPS) is 29.3. The SMILES string of the molecule is O=S1(=O)CCCC1CNC1CCCc2sc(Cl)cc21. The maximum Gasteiger partial charge on any atom is 0.154 e. The molecule has 0 radical (unpaired) electrons. The van der Waals surface area contributed by atoms with Crippen LogP contribution in [0, 0.1) is 0 Å². The Morgan fingerprint density at radius 2 is 2.21 bits per heavy atom. The zero-order chi connectivity index (χ0) is 13.5. The van der Waals surface area contributed by atoms with Gasteiger partial charge < -0.3 is 5.32 Å². The van der Waals surface area contributed by atoms with E-state index in [0.29, 0.717) is 12.3 Å². The molecule has 1 saturated heterocycles. The number of thiophene rings is 1. The van der Waals surface area contributed by atoms with Gasteiger partial charge in [-0.3, -0.25) is 0 Å². The third kappa shape index (κ3) is 2.84. The summed E-state index contributed by atoms with van der Waals surface area (Å²) in [5, 5.41) is 3.27. The fourth-order valence-corrected chi connectivity index (χ4v) is 6.26. The summed E-state index contributed by atoms with van der Waals surface area (Å²) in [5.41, 5.74) is 1.29. The summed E-state index contributed by atoms with van der Waals surface area (Å²) in [5.74, 6) is 0.361. The van der Waals surface area contributed by atoms with E-state index in [-0.39, 0.29) is 11.3 Å². The molecular weight excluding hydrogens is 302 g/mol. The highest BCUT2D eigenvalue weighted by Gasteiger charge is 2.32. The van der Waals surface area contributed by atoms with Crippen LogP contribution < -0.4 is 5.32 Å². The van der Waals surface area contributed by atoms with Crippen molar-refractivity contribution in [3.8, 4) is 0 Å². The Balaban J connectivity index is 1.68. The monoisotopic (exact) mass is 319 g/mol. The van der Waals surface area contributed by atoms with Crippen molar-refractivity contribution in [1.29, 1.82) is 0 Å². The van der Waals surface area contributed by atoms with Crippen molar-refractivity contribution in [2.45, 2.75) is 43.4 Å². The van der Waals surface area contributed by atoms with Crippen LogP contribution in [-0.2, 0) is 16.3 Å². The van der Waals surface area contributed by atoms with Crippen LogP contribution in [0.15, 0.2) is 6.07 Å². The van der Waals surface area contributed by atoms with Crippen LogP contribution in [-0.4, -0.2) is 26.0 Å². The van der Waals surface area contributed by atoms with Gasteiger partial charge in [-0.25, -0.2) is 8.42 Å². The van der Waals surface area contributed by atoms with Gasteiger partial charge in [0.25, 0.3) is 0 Å². The fraction of sp³-hybridized carbons (Fsp3) is 0.692. The zero-order valence-electron chi connectivity index (χ0n) is 10.7. The Morgan fingerprint density at radius 1 is 1.37 bits per heavy atom. The lowest BCUT2D eigenvalue weighted by Crippen LogP contribution is -2.34. The number of halogens is 1.